The normalized spacial score (nSPS) is 9.47. The Morgan fingerprint density at radius 1 is 0.421 bits per heavy atom. The molecule has 0 aliphatic rings. The molecule has 0 aromatic rings. The Balaban J connectivity index is -0.000000809. The highest BCUT2D eigenvalue weighted by Crippen LogP contribution is 2.12. The molecular weight excluding hydrogens is 236 g/mol. The van der Waals surface area contributed by atoms with Gasteiger partial charge in [0, 0.05) is 7.11 Å². The monoisotopic (exact) mass is 276 g/mol. The molecule has 0 fully saturated rings. The standard InChI is InChI=1S/C16H34.CH4O.H2O/c1-3-5-7-9-11-13-15-16-14-12-10-8-6-4-2;1-2;/h3-16H2,1-2H3;2H,1H3;1H2. The molecule has 0 amide bonds. The van der Waals surface area contributed by atoms with E-state index in [2.05, 4.69) is 13.8 Å². The Kier molecular flexibility index (Phi) is 33.4. The zero-order chi connectivity index (χ0) is 13.9. The fraction of sp³-hybridized carbons (Fsp3) is 1.00. The highest BCUT2D eigenvalue weighted by Gasteiger charge is 1.92. The largest absolute Gasteiger partial charge is 0.412 e. The molecule has 2 nitrogen and oxygen atoms in total. The summed E-state index contributed by atoms with van der Waals surface area (Å²) in [7, 11) is 1.00. The van der Waals surface area contributed by atoms with Gasteiger partial charge in [-0.3, -0.25) is 0 Å². The van der Waals surface area contributed by atoms with Gasteiger partial charge in [-0.1, -0.05) is 104 Å². The SMILES string of the molecule is CCCCCCCCCCCCCCCC.CO.O. The van der Waals surface area contributed by atoms with Crippen LogP contribution in [0.5, 0.6) is 0 Å². The maximum absolute atomic E-state index is 7.00. The second kappa shape index (κ2) is 26.5. The molecule has 0 spiro atoms. The van der Waals surface area contributed by atoms with Gasteiger partial charge in [0.2, 0.25) is 0 Å². The number of unbranched alkanes of at least 4 members (excludes halogenated alkanes) is 13. The predicted octanol–water partition coefficient (Wildman–Crippen LogP) is 5.27. The lowest BCUT2D eigenvalue weighted by molar-refractivity contribution is 0.399. The van der Waals surface area contributed by atoms with Crippen LogP contribution in [0, 0.1) is 0 Å². The lowest BCUT2D eigenvalue weighted by Gasteiger charge is -2.02. The Bertz CT molecular complexity index is 102. The lowest BCUT2D eigenvalue weighted by atomic mass is 10.0. The van der Waals surface area contributed by atoms with E-state index in [-0.39, 0.29) is 5.48 Å². The van der Waals surface area contributed by atoms with E-state index >= 15 is 0 Å². The zero-order valence-corrected chi connectivity index (χ0v) is 13.8. The van der Waals surface area contributed by atoms with Gasteiger partial charge in [-0.05, 0) is 0 Å². The maximum atomic E-state index is 7.00. The minimum Gasteiger partial charge on any atom is -0.412 e. The van der Waals surface area contributed by atoms with Crippen molar-refractivity contribution in [3.8, 4) is 0 Å². The minimum atomic E-state index is 0. The predicted molar refractivity (Wildman–Crippen MR) is 87.7 cm³/mol. The molecule has 0 aromatic carbocycles. The molecule has 0 atom stereocenters. The van der Waals surface area contributed by atoms with Crippen LogP contribution in [0.2, 0.25) is 0 Å². The van der Waals surface area contributed by atoms with Crippen LogP contribution in [0.15, 0.2) is 0 Å². The van der Waals surface area contributed by atoms with Gasteiger partial charge in [0.25, 0.3) is 0 Å². The number of hydrogen-bond donors (Lipinski definition) is 1. The Morgan fingerprint density at radius 3 is 0.737 bits per heavy atom. The summed E-state index contributed by atoms with van der Waals surface area (Å²) in [5.74, 6) is 0. The van der Waals surface area contributed by atoms with Gasteiger partial charge in [0.1, 0.15) is 0 Å². The van der Waals surface area contributed by atoms with Gasteiger partial charge in [0.15, 0.2) is 0 Å². The van der Waals surface area contributed by atoms with Gasteiger partial charge in [-0.25, -0.2) is 0 Å². The average molecular weight is 277 g/mol. The maximum Gasteiger partial charge on any atom is 0.0319 e. The Labute approximate surface area is 122 Å². The topological polar surface area (TPSA) is 51.7 Å². The van der Waals surface area contributed by atoms with Crippen molar-refractivity contribution in [1.29, 1.82) is 0 Å². The first-order valence-corrected chi connectivity index (χ1v) is 8.36. The van der Waals surface area contributed by atoms with Crippen LogP contribution in [0.25, 0.3) is 0 Å². The van der Waals surface area contributed by atoms with Crippen LogP contribution >= 0.6 is 0 Å². The minimum absolute atomic E-state index is 0. The Hall–Kier alpha value is -0.0800. The van der Waals surface area contributed by atoms with Crippen molar-refractivity contribution in [2.75, 3.05) is 7.11 Å². The summed E-state index contributed by atoms with van der Waals surface area (Å²) in [6.45, 7) is 4.58. The highest BCUT2D eigenvalue weighted by molar-refractivity contribution is 4.48. The molecule has 0 aliphatic heterocycles. The van der Waals surface area contributed by atoms with E-state index in [4.69, 9.17) is 5.11 Å². The molecular formula is C17H40O2. The summed E-state index contributed by atoms with van der Waals surface area (Å²) < 4.78 is 0. The van der Waals surface area contributed by atoms with E-state index in [9.17, 15) is 0 Å². The van der Waals surface area contributed by atoms with Crippen LogP contribution in [-0.4, -0.2) is 17.7 Å². The van der Waals surface area contributed by atoms with Crippen LogP contribution < -0.4 is 0 Å². The van der Waals surface area contributed by atoms with E-state index in [1.165, 1.54) is 89.9 Å². The molecule has 0 radical (unpaired) electrons. The number of rotatable bonds is 13. The van der Waals surface area contributed by atoms with Crippen LogP contribution in [0.3, 0.4) is 0 Å². The van der Waals surface area contributed by atoms with Gasteiger partial charge < -0.3 is 10.6 Å². The third kappa shape index (κ3) is 27.2. The summed E-state index contributed by atoms with van der Waals surface area (Å²) in [5.41, 5.74) is 0. The van der Waals surface area contributed by atoms with Crippen molar-refractivity contribution in [2.45, 2.75) is 104 Å². The zero-order valence-electron chi connectivity index (χ0n) is 13.8. The third-order valence-corrected chi connectivity index (χ3v) is 3.46. The van der Waals surface area contributed by atoms with Crippen LogP contribution in [-0.2, 0) is 0 Å². The summed E-state index contributed by atoms with van der Waals surface area (Å²) in [6, 6.07) is 0. The van der Waals surface area contributed by atoms with E-state index < -0.39 is 0 Å². The van der Waals surface area contributed by atoms with Gasteiger partial charge in [-0.2, -0.15) is 0 Å². The average Bonchev–Trinajstić information content (AvgIpc) is 2.42. The Morgan fingerprint density at radius 2 is 0.579 bits per heavy atom. The van der Waals surface area contributed by atoms with Crippen molar-refractivity contribution in [1.82, 2.24) is 0 Å². The molecule has 0 rings (SSSR count). The summed E-state index contributed by atoms with van der Waals surface area (Å²) in [6.07, 6.45) is 20.4. The van der Waals surface area contributed by atoms with Crippen molar-refractivity contribution in [3.05, 3.63) is 0 Å². The van der Waals surface area contributed by atoms with E-state index in [1.54, 1.807) is 0 Å². The molecule has 0 bridgehead atoms. The van der Waals surface area contributed by atoms with Crippen molar-refractivity contribution >= 4 is 0 Å². The van der Waals surface area contributed by atoms with E-state index in [0.29, 0.717) is 0 Å². The first kappa shape index (κ1) is 24.0. The summed E-state index contributed by atoms with van der Waals surface area (Å²) >= 11 is 0. The molecule has 0 aliphatic carbocycles. The number of aliphatic hydroxyl groups is 1. The molecule has 0 aromatic heterocycles. The first-order chi connectivity index (χ1) is 8.91. The molecule has 2 heteroatoms. The smallest absolute Gasteiger partial charge is 0.0319 e. The molecule has 3 N–H and O–H groups in total. The van der Waals surface area contributed by atoms with Crippen molar-refractivity contribution in [2.24, 2.45) is 0 Å². The number of hydrogen-bond acceptors (Lipinski definition) is 1. The molecule has 0 heterocycles. The quantitative estimate of drug-likeness (QED) is 0.458. The fourth-order valence-electron chi connectivity index (χ4n) is 2.27. The number of aliphatic hydroxyl groups excluding tert-OH is 1. The summed E-state index contributed by atoms with van der Waals surface area (Å²) in [5, 5.41) is 7.00. The van der Waals surface area contributed by atoms with Gasteiger partial charge >= 0.3 is 0 Å². The van der Waals surface area contributed by atoms with E-state index in [0.717, 1.165) is 7.11 Å². The second-order valence-corrected chi connectivity index (χ2v) is 5.24. The third-order valence-electron chi connectivity index (χ3n) is 3.46. The molecule has 0 unspecified atom stereocenters. The lowest BCUT2D eigenvalue weighted by Crippen LogP contribution is -1.82. The fourth-order valence-corrected chi connectivity index (χ4v) is 2.27. The van der Waals surface area contributed by atoms with Crippen LogP contribution in [0.1, 0.15) is 104 Å². The van der Waals surface area contributed by atoms with Crippen LogP contribution in [0.4, 0.5) is 0 Å². The van der Waals surface area contributed by atoms with Crippen molar-refractivity contribution < 1.29 is 10.6 Å². The van der Waals surface area contributed by atoms with Crippen molar-refractivity contribution in [3.63, 3.8) is 0 Å². The molecule has 0 saturated heterocycles. The molecule has 19 heavy (non-hydrogen) atoms. The summed E-state index contributed by atoms with van der Waals surface area (Å²) in [4.78, 5) is 0. The first-order valence-electron chi connectivity index (χ1n) is 8.36. The molecule has 120 valence electrons. The van der Waals surface area contributed by atoms with Gasteiger partial charge in [-0.15, -0.1) is 0 Å². The van der Waals surface area contributed by atoms with E-state index in [1.807, 2.05) is 0 Å². The highest BCUT2D eigenvalue weighted by atomic mass is 16.2. The molecule has 0 saturated carbocycles. The second-order valence-electron chi connectivity index (χ2n) is 5.24. The van der Waals surface area contributed by atoms with Gasteiger partial charge in [0.05, 0.1) is 0 Å².